The van der Waals surface area contributed by atoms with Crippen LogP contribution in [0.4, 0.5) is 5.69 Å². The van der Waals surface area contributed by atoms with Crippen LogP contribution in [0.3, 0.4) is 0 Å². The minimum Gasteiger partial charge on any atom is -0.399 e. The van der Waals surface area contributed by atoms with Crippen LogP contribution < -0.4 is 5.73 Å². The number of carbonyl (C=O) groups is 1. The lowest BCUT2D eigenvalue weighted by Gasteiger charge is -2.15. The third-order valence-electron chi connectivity index (χ3n) is 3.04. The number of amides is 1. The largest absolute Gasteiger partial charge is 0.399 e. The van der Waals surface area contributed by atoms with Gasteiger partial charge in [-0.3, -0.25) is 4.79 Å². The summed E-state index contributed by atoms with van der Waals surface area (Å²) in [5, 5.41) is 0. The first-order valence-corrected chi connectivity index (χ1v) is 7.37. The molecule has 0 bridgehead atoms. The van der Waals surface area contributed by atoms with Crippen molar-refractivity contribution in [3.63, 3.8) is 0 Å². The zero-order chi connectivity index (χ0) is 15.2. The van der Waals surface area contributed by atoms with E-state index in [-0.39, 0.29) is 5.91 Å². The molecule has 108 valence electrons. The predicted octanol–water partition coefficient (Wildman–Crippen LogP) is 3.70. The third kappa shape index (κ3) is 4.76. The van der Waals surface area contributed by atoms with Crippen molar-refractivity contribution < 1.29 is 4.79 Å². The summed E-state index contributed by atoms with van der Waals surface area (Å²) >= 11 is 3.43. The van der Waals surface area contributed by atoms with Crippen LogP contribution in [0.1, 0.15) is 11.1 Å². The van der Waals surface area contributed by atoms with Gasteiger partial charge >= 0.3 is 0 Å². The van der Waals surface area contributed by atoms with E-state index < -0.39 is 0 Å². The van der Waals surface area contributed by atoms with E-state index in [2.05, 4.69) is 15.9 Å². The van der Waals surface area contributed by atoms with Gasteiger partial charge in [-0.05, 0) is 41.5 Å². The normalized spacial score (nSPS) is 10.8. The molecule has 0 unspecified atom stereocenters. The molecule has 2 aromatic carbocycles. The van der Waals surface area contributed by atoms with Gasteiger partial charge in [-0.15, -0.1) is 0 Å². The van der Waals surface area contributed by atoms with Crippen molar-refractivity contribution in [3.05, 3.63) is 70.2 Å². The highest BCUT2D eigenvalue weighted by atomic mass is 79.9. The van der Waals surface area contributed by atoms with E-state index in [9.17, 15) is 4.79 Å². The average Bonchev–Trinajstić information content (AvgIpc) is 2.46. The van der Waals surface area contributed by atoms with E-state index in [1.165, 1.54) is 0 Å². The monoisotopic (exact) mass is 344 g/mol. The molecule has 21 heavy (non-hydrogen) atoms. The third-order valence-corrected chi connectivity index (χ3v) is 3.53. The summed E-state index contributed by atoms with van der Waals surface area (Å²) in [6, 6.07) is 15.3. The summed E-state index contributed by atoms with van der Waals surface area (Å²) in [5.74, 6) is -0.0354. The van der Waals surface area contributed by atoms with Gasteiger partial charge in [-0.25, -0.2) is 0 Å². The quantitative estimate of drug-likeness (QED) is 0.678. The smallest absolute Gasteiger partial charge is 0.246 e. The van der Waals surface area contributed by atoms with Crippen LogP contribution in [0, 0.1) is 0 Å². The van der Waals surface area contributed by atoms with Crippen LogP contribution in [0.25, 0.3) is 6.08 Å². The summed E-state index contributed by atoms with van der Waals surface area (Å²) in [5.41, 5.74) is 8.38. The lowest BCUT2D eigenvalue weighted by atomic mass is 10.2. The van der Waals surface area contributed by atoms with Gasteiger partial charge in [0.1, 0.15) is 0 Å². The maximum Gasteiger partial charge on any atom is 0.246 e. The molecule has 0 spiro atoms. The van der Waals surface area contributed by atoms with Gasteiger partial charge < -0.3 is 10.6 Å². The molecule has 0 radical (unpaired) electrons. The molecule has 0 aliphatic heterocycles. The minimum absolute atomic E-state index is 0.0354. The number of nitrogen functional groups attached to an aromatic ring is 1. The van der Waals surface area contributed by atoms with Crippen LogP contribution in [-0.2, 0) is 11.3 Å². The Morgan fingerprint density at radius 3 is 2.62 bits per heavy atom. The van der Waals surface area contributed by atoms with Crippen LogP contribution in [0.2, 0.25) is 0 Å². The summed E-state index contributed by atoms with van der Waals surface area (Å²) in [4.78, 5) is 13.8. The molecule has 0 saturated heterocycles. The van der Waals surface area contributed by atoms with Crippen LogP contribution >= 0.6 is 15.9 Å². The van der Waals surface area contributed by atoms with Gasteiger partial charge in [0.25, 0.3) is 0 Å². The number of rotatable bonds is 4. The second-order valence-corrected chi connectivity index (χ2v) is 5.74. The van der Waals surface area contributed by atoms with E-state index >= 15 is 0 Å². The molecule has 1 amide bonds. The van der Waals surface area contributed by atoms with E-state index in [0.717, 1.165) is 15.6 Å². The Kier molecular flexibility index (Phi) is 5.17. The Balaban J connectivity index is 1.97. The van der Waals surface area contributed by atoms with Gasteiger partial charge in [0, 0.05) is 29.8 Å². The summed E-state index contributed by atoms with van der Waals surface area (Å²) in [7, 11) is 1.79. The Morgan fingerprint density at radius 2 is 1.95 bits per heavy atom. The highest BCUT2D eigenvalue weighted by molar-refractivity contribution is 9.10. The number of nitrogens with two attached hydrogens (primary N) is 1. The summed E-state index contributed by atoms with van der Waals surface area (Å²) in [6.45, 7) is 0.574. The highest BCUT2D eigenvalue weighted by Crippen LogP contribution is 2.13. The molecule has 0 aliphatic carbocycles. The molecular formula is C17H17BrN2O. The maximum absolute atomic E-state index is 12.1. The number of nitrogens with zero attached hydrogens (tertiary/aromatic N) is 1. The van der Waals surface area contributed by atoms with Crippen molar-refractivity contribution in [1.82, 2.24) is 4.90 Å². The van der Waals surface area contributed by atoms with Crippen LogP contribution in [0.5, 0.6) is 0 Å². The molecule has 2 rings (SSSR count). The van der Waals surface area contributed by atoms with Crippen molar-refractivity contribution >= 4 is 33.6 Å². The first-order valence-electron chi connectivity index (χ1n) is 6.58. The van der Waals surface area contributed by atoms with Crippen molar-refractivity contribution in [2.45, 2.75) is 6.54 Å². The number of carbonyl (C=O) groups excluding carboxylic acids is 1. The second-order valence-electron chi connectivity index (χ2n) is 4.82. The average molecular weight is 345 g/mol. The Bertz CT molecular complexity index is 650. The second kappa shape index (κ2) is 7.09. The Hall–Kier alpha value is -2.07. The molecule has 0 aliphatic rings. The topological polar surface area (TPSA) is 46.3 Å². The molecule has 3 nitrogen and oxygen atoms in total. The molecule has 0 saturated carbocycles. The first kappa shape index (κ1) is 15.3. The lowest BCUT2D eigenvalue weighted by molar-refractivity contribution is -0.125. The lowest BCUT2D eigenvalue weighted by Crippen LogP contribution is -2.24. The number of anilines is 1. The van der Waals surface area contributed by atoms with Gasteiger partial charge in [0.05, 0.1) is 0 Å². The van der Waals surface area contributed by atoms with Crippen LogP contribution in [-0.4, -0.2) is 17.9 Å². The van der Waals surface area contributed by atoms with Crippen molar-refractivity contribution in [2.75, 3.05) is 12.8 Å². The number of halogens is 1. The zero-order valence-corrected chi connectivity index (χ0v) is 13.4. The van der Waals surface area contributed by atoms with E-state index in [4.69, 9.17) is 5.73 Å². The number of likely N-dealkylation sites (N-methyl/N-ethyl adjacent to an activating group) is 1. The molecule has 0 fully saturated rings. The fourth-order valence-electron chi connectivity index (χ4n) is 1.89. The van der Waals surface area contributed by atoms with Gasteiger partial charge in [0.15, 0.2) is 0 Å². The molecule has 0 aromatic heterocycles. The Labute approximate surface area is 133 Å². The predicted molar refractivity (Wildman–Crippen MR) is 90.5 cm³/mol. The van der Waals surface area contributed by atoms with E-state index in [1.807, 2.05) is 48.5 Å². The summed E-state index contributed by atoms with van der Waals surface area (Å²) in [6.07, 6.45) is 3.36. The SMILES string of the molecule is CN(Cc1cccc(Br)c1)C(=O)/C=C/c1ccc(N)cc1. The molecule has 2 aromatic rings. The number of benzene rings is 2. The minimum atomic E-state index is -0.0354. The molecule has 4 heteroatoms. The van der Waals surface area contributed by atoms with Crippen molar-refractivity contribution in [2.24, 2.45) is 0 Å². The molecule has 0 heterocycles. The zero-order valence-electron chi connectivity index (χ0n) is 11.8. The summed E-state index contributed by atoms with van der Waals surface area (Å²) < 4.78 is 1.01. The van der Waals surface area contributed by atoms with Crippen LogP contribution in [0.15, 0.2) is 59.1 Å². The number of hydrogen-bond acceptors (Lipinski definition) is 2. The van der Waals surface area contributed by atoms with Gasteiger partial charge in [-0.2, -0.15) is 0 Å². The van der Waals surface area contributed by atoms with E-state index in [0.29, 0.717) is 12.2 Å². The Morgan fingerprint density at radius 1 is 1.24 bits per heavy atom. The van der Waals surface area contributed by atoms with Gasteiger partial charge in [0.2, 0.25) is 5.91 Å². The van der Waals surface area contributed by atoms with E-state index in [1.54, 1.807) is 24.1 Å². The molecule has 2 N–H and O–H groups in total. The highest BCUT2D eigenvalue weighted by Gasteiger charge is 2.05. The fourth-order valence-corrected chi connectivity index (χ4v) is 2.34. The standard InChI is InChI=1S/C17H17BrN2O/c1-20(12-14-3-2-4-15(18)11-14)17(21)10-7-13-5-8-16(19)9-6-13/h2-11H,12,19H2,1H3/b10-7+. The molecular weight excluding hydrogens is 328 g/mol. The van der Waals surface area contributed by atoms with Gasteiger partial charge in [-0.1, -0.05) is 40.2 Å². The maximum atomic E-state index is 12.1. The first-order chi connectivity index (χ1) is 10.0. The fraction of sp³-hybridized carbons (Fsp3) is 0.118. The molecule has 0 atom stereocenters. The van der Waals surface area contributed by atoms with Crippen molar-refractivity contribution in [3.8, 4) is 0 Å². The van der Waals surface area contributed by atoms with Crippen molar-refractivity contribution in [1.29, 1.82) is 0 Å². The number of hydrogen-bond donors (Lipinski definition) is 1.